The summed E-state index contributed by atoms with van der Waals surface area (Å²) < 4.78 is 15.9. The van der Waals surface area contributed by atoms with Crippen LogP contribution in [0.1, 0.15) is 174 Å². The van der Waals surface area contributed by atoms with Gasteiger partial charge in [0.2, 0.25) is 0 Å². The minimum atomic E-state index is -1.05. The van der Waals surface area contributed by atoms with E-state index in [-0.39, 0.29) is 37.9 Å². The van der Waals surface area contributed by atoms with Crippen molar-refractivity contribution in [2.45, 2.75) is 205 Å². The predicted molar refractivity (Wildman–Crippen MR) is 199 cm³/mol. The van der Waals surface area contributed by atoms with E-state index in [2.05, 4.69) is 13.8 Å². The molecular weight excluding hydrogens is 636 g/mol. The summed E-state index contributed by atoms with van der Waals surface area (Å²) in [6.45, 7) is 3.97. The molecule has 4 N–H and O–H groups in total. The number of allylic oxidation sites excluding steroid dienone is 2. The van der Waals surface area contributed by atoms with Crippen LogP contribution in [0, 0.1) is 5.92 Å². The third kappa shape index (κ3) is 26.1. The summed E-state index contributed by atoms with van der Waals surface area (Å²) in [5.74, 6) is -1.00. The fourth-order valence-corrected chi connectivity index (χ4v) is 6.30. The molecule has 1 aliphatic heterocycles. The predicted octanol–water partition coefficient (Wildman–Crippen LogP) is 8.39. The lowest BCUT2D eigenvalue weighted by molar-refractivity contribution is -0.199. The number of hydrogen-bond donors (Lipinski definition) is 4. The number of esters is 2. The Hall–Kier alpha value is -1.78. The van der Waals surface area contributed by atoms with Crippen LogP contribution in [0.5, 0.6) is 0 Å². The van der Waals surface area contributed by atoms with E-state index < -0.39 is 36.7 Å². The van der Waals surface area contributed by atoms with Gasteiger partial charge in [-0.05, 0) is 32.1 Å². The van der Waals surface area contributed by atoms with Crippen molar-refractivity contribution in [1.82, 2.24) is 0 Å². The van der Waals surface area contributed by atoms with E-state index >= 15 is 0 Å². The van der Waals surface area contributed by atoms with Crippen LogP contribution in [0.2, 0.25) is 0 Å². The third-order valence-corrected chi connectivity index (χ3v) is 9.48. The average molecular weight is 711 g/mol. The number of unbranched alkanes of at least 4 members (excludes halogenated alkanes) is 17. The van der Waals surface area contributed by atoms with Crippen LogP contribution >= 0.6 is 0 Å². The Morgan fingerprint density at radius 1 is 0.700 bits per heavy atom. The van der Waals surface area contributed by atoms with Gasteiger partial charge in [0.25, 0.3) is 0 Å². The molecule has 292 valence electrons. The van der Waals surface area contributed by atoms with E-state index in [0.29, 0.717) is 32.1 Å². The number of rotatable bonds is 32. The summed E-state index contributed by atoms with van der Waals surface area (Å²) >= 11 is 0. The van der Waals surface area contributed by atoms with Gasteiger partial charge in [-0.1, -0.05) is 147 Å². The van der Waals surface area contributed by atoms with Gasteiger partial charge in [-0.15, -0.1) is 0 Å². The molecule has 0 saturated carbocycles. The normalized spacial score (nSPS) is 20.8. The Kier molecular flexibility index (Phi) is 29.5. The Balaban J connectivity index is 2.07. The van der Waals surface area contributed by atoms with Gasteiger partial charge < -0.3 is 34.6 Å². The fraction of sp³-hybridized carbons (Fsp3) is 0.854. The maximum absolute atomic E-state index is 12.1. The van der Waals surface area contributed by atoms with Gasteiger partial charge in [-0.3, -0.25) is 9.59 Å². The second-order valence-corrected chi connectivity index (χ2v) is 14.3. The van der Waals surface area contributed by atoms with Crippen molar-refractivity contribution in [1.29, 1.82) is 0 Å². The molecule has 1 fully saturated rings. The largest absolute Gasteiger partial charge is 0.463 e. The van der Waals surface area contributed by atoms with Crippen LogP contribution in [-0.4, -0.2) is 76.3 Å². The molecule has 0 aromatic heterocycles. The highest BCUT2D eigenvalue weighted by atomic mass is 16.6. The quantitative estimate of drug-likeness (QED) is 0.0308. The molecule has 9 nitrogen and oxygen atoms in total. The van der Waals surface area contributed by atoms with Gasteiger partial charge in [0, 0.05) is 25.2 Å². The van der Waals surface area contributed by atoms with Crippen LogP contribution in [0.25, 0.3) is 0 Å². The van der Waals surface area contributed by atoms with Crippen molar-refractivity contribution in [2.75, 3.05) is 13.2 Å². The average Bonchev–Trinajstić information content (AvgIpc) is 3.09. The molecule has 0 aromatic carbocycles. The molecule has 0 bridgehead atoms. The Morgan fingerprint density at radius 3 is 1.76 bits per heavy atom. The van der Waals surface area contributed by atoms with Crippen LogP contribution in [0.4, 0.5) is 0 Å². The summed E-state index contributed by atoms with van der Waals surface area (Å²) in [7, 11) is 0. The molecule has 1 aliphatic rings. The smallest absolute Gasteiger partial charge is 0.305 e. The van der Waals surface area contributed by atoms with Gasteiger partial charge in [-0.2, -0.15) is 0 Å². The highest BCUT2D eigenvalue weighted by Gasteiger charge is 2.35. The van der Waals surface area contributed by atoms with Crippen molar-refractivity contribution in [3.8, 4) is 0 Å². The summed E-state index contributed by atoms with van der Waals surface area (Å²) in [6.07, 6.45) is 28.6. The van der Waals surface area contributed by atoms with Crippen LogP contribution in [0.15, 0.2) is 24.3 Å². The van der Waals surface area contributed by atoms with E-state index in [1.807, 2.05) is 12.2 Å². The molecule has 0 amide bonds. The second kappa shape index (κ2) is 31.9. The van der Waals surface area contributed by atoms with Crippen molar-refractivity contribution in [3.63, 3.8) is 0 Å². The van der Waals surface area contributed by atoms with Gasteiger partial charge in [0.15, 0.2) is 6.29 Å². The topological polar surface area (TPSA) is 143 Å². The Labute approximate surface area is 304 Å². The molecule has 1 heterocycles. The number of aliphatic hydroxyl groups excluding tert-OH is 4. The molecule has 9 heteroatoms. The Bertz CT molecular complexity index is 876. The summed E-state index contributed by atoms with van der Waals surface area (Å²) in [6, 6.07) is 0. The number of hydrogen-bond acceptors (Lipinski definition) is 9. The standard InChI is InChI=1S/C41H74O9/c1-3-5-7-8-9-10-11-12-13-14-15-16-17-18-23-27-39(45)48-32-35(43)33-49-40(46)28-24-20-19-22-26-36-37(44)31-41(47)50-38(36)30-29-34(42)25-21-6-4-2/h19,22,29-30,34-38,41-44,47H,3-18,20-21,23-28,31-33H2,1-2H3/b22-19-,30-29+/t34-,35-,36-,37-,38+,41?/m0/s1. The maximum Gasteiger partial charge on any atom is 0.305 e. The SMILES string of the molecule is CCCCCCCCCCCCCCCCCC(=O)OC[C@H](O)COC(=O)CCC/C=C\C[C@H]1[C@@H](O)CC(O)O[C@@H]1/C=C/[C@@H](O)CCCCC. The molecule has 1 rings (SSSR count). The van der Waals surface area contributed by atoms with Crippen molar-refractivity contribution in [2.24, 2.45) is 5.92 Å². The van der Waals surface area contributed by atoms with Gasteiger partial charge in [0.05, 0.1) is 18.3 Å². The lowest BCUT2D eigenvalue weighted by atomic mass is 9.87. The van der Waals surface area contributed by atoms with Crippen molar-refractivity contribution >= 4 is 11.9 Å². The van der Waals surface area contributed by atoms with Crippen LogP contribution in [-0.2, 0) is 23.8 Å². The van der Waals surface area contributed by atoms with E-state index in [1.165, 1.54) is 77.0 Å². The monoisotopic (exact) mass is 711 g/mol. The number of carbonyl (C=O) groups is 2. The van der Waals surface area contributed by atoms with Gasteiger partial charge in [0.1, 0.15) is 19.3 Å². The highest BCUT2D eigenvalue weighted by Crippen LogP contribution is 2.29. The van der Waals surface area contributed by atoms with E-state index in [4.69, 9.17) is 14.2 Å². The molecule has 6 atom stereocenters. The zero-order valence-electron chi connectivity index (χ0n) is 31.7. The zero-order chi connectivity index (χ0) is 36.7. The second-order valence-electron chi connectivity index (χ2n) is 14.3. The minimum Gasteiger partial charge on any atom is -0.463 e. The van der Waals surface area contributed by atoms with Crippen molar-refractivity contribution in [3.05, 3.63) is 24.3 Å². The van der Waals surface area contributed by atoms with Gasteiger partial charge >= 0.3 is 11.9 Å². The molecule has 0 aliphatic carbocycles. The van der Waals surface area contributed by atoms with Crippen LogP contribution in [0.3, 0.4) is 0 Å². The third-order valence-electron chi connectivity index (χ3n) is 9.48. The van der Waals surface area contributed by atoms with E-state index in [1.54, 1.807) is 12.2 Å². The molecular formula is C41H74O9. The summed E-state index contributed by atoms with van der Waals surface area (Å²) in [5, 5.41) is 40.8. The first-order chi connectivity index (χ1) is 24.3. The van der Waals surface area contributed by atoms with Crippen molar-refractivity contribution < 1.29 is 44.2 Å². The van der Waals surface area contributed by atoms with Crippen LogP contribution < -0.4 is 0 Å². The maximum atomic E-state index is 12.1. The first-order valence-electron chi connectivity index (χ1n) is 20.3. The van der Waals surface area contributed by atoms with Gasteiger partial charge in [-0.25, -0.2) is 0 Å². The first-order valence-corrected chi connectivity index (χ1v) is 20.3. The Morgan fingerprint density at radius 2 is 1.20 bits per heavy atom. The highest BCUT2D eigenvalue weighted by molar-refractivity contribution is 5.69. The molecule has 50 heavy (non-hydrogen) atoms. The lowest BCUT2D eigenvalue weighted by Crippen LogP contribution is -2.43. The summed E-state index contributed by atoms with van der Waals surface area (Å²) in [5.41, 5.74) is 0. The minimum absolute atomic E-state index is 0.137. The fourth-order valence-electron chi connectivity index (χ4n) is 6.30. The zero-order valence-corrected chi connectivity index (χ0v) is 31.7. The number of ether oxygens (including phenoxy) is 3. The molecule has 1 unspecified atom stereocenters. The first kappa shape index (κ1) is 46.2. The van der Waals surface area contributed by atoms with E-state index in [9.17, 15) is 30.0 Å². The lowest BCUT2D eigenvalue weighted by Gasteiger charge is -2.36. The number of aliphatic hydroxyl groups is 4. The molecule has 0 aromatic rings. The van der Waals surface area contributed by atoms with E-state index in [0.717, 1.165) is 38.5 Å². The molecule has 0 spiro atoms. The molecule has 0 radical (unpaired) electrons. The summed E-state index contributed by atoms with van der Waals surface area (Å²) in [4.78, 5) is 24.1. The molecule has 1 saturated heterocycles. The number of carbonyl (C=O) groups excluding carboxylic acids is 2.